The van der Waals surface area contributed by atoms with Crippen LogP contribution in [0.4, 0.5) is 0 Å². The summed E-state index contributed by atoms with van der Waals surface area (Å²) in [6.07, 6.45) is 6.64. The Kier molecular flexibility index (Phi) is 4.37. The fourth-order valence-corrected chi connectivity index (χ4v) is 4.11. The van der Waals surface area contributed by atoms with Crippen LogP contribution in [-0.4, -0.2) is 9.55 Å². The van der Waals surface area contributed by atoms with Gasteiger partial charge in [0.25, 0.3) is 0 Å². The molecule has 0 saturated heterocycles. The average molecular weight is 332 g/mol. The molecule has 0 unspecified atom stereocenters. The van der Waals surface area contributed by atoms with Crippen molar-refractivity contribution < 1.29 is 0 Å². The number of fused-ring (bicyclic) bond motifs is 1. The van der Waals surface area contributed by atoms with Gasteiger partial charge < -0.3 is 4.57 Å². The van der Waals surface area contributed by atoms with Crippen molar-refractivity contribution in [2.24, 2.45) is 5.92 Å². The van der Waals surface area contributed by atoms with E-state index in [1.165, 1.54) is 59.3 Å². The summed E-state index contributed by atoms with van der Waals surface area (Å²) in [4.78, 5) is 5.05. The van der Waals surface area contributed by atoms with Crippen LogP contribution in [0, 0.1) is 26.7 Å². The van der Waals surface area contributed by atoms with E-state index in [-0.39, 0.29) is 0 Å². The standard InChI is InChI=1S/C23H28N2/c1-16-8-10-20(11-9-16)15-25-22-13-18(3)17(2)12-21(22)24-23(25)14-19-6-4-5-7-19/h8-13,19H,4-7,14-15H2,1-3H3. The van der Waals surface area contributed by atoms with E-state index in [9.17, 15) is 0 Å². The van der Waals surface area contributed by atoms with E-state index in [0.29, 0.717) is 0 Å². The van der Waals surface area contributed by atoms with Gasteiger partial charge in [-0.3, -0.25) is 0 Å². The lowest BCUT2D eigenvalue weighted by molar-refractivity contribution is 0.518. The summed E-state index contributed by atoms with van der Waals surface area (Å²) in [5.41, 5.74) is 7.80. The molecule has 3 aromatic rings. The lowest BCUT2D eigenvalue weighted by Crippen LogP contribution is -2.09. The van der Waals surface area contributed by atoms with Crippen LogP contribution in [0.2, 0.25) is 0 Å². The maximum absolute atomic E-state index is 5.05. The first kappa shape index (κ1) is 16.4. The minimum atomic E-state index is 0.816. The molecule has 0 N–H and O–H groups in total. The van der Waals surface area contributed by atoms with Crippen LogP contribution >= 0.6 is 0 Å². The number of hydrogen-bond acceptors (Lipinski definition) is 1. The van der Waals surface area contributed by atoms with Gasteiger partial charge in [-0.05, 0) is 55.5 Å². The van der Waals surface area contributed by atoms with Crippen LogP contribution in [0.15, 0.2) is 36.4 Å². The monoisotopic (exact) mass is 332 g/mol. The maximum Gasteiger partial charge on any atom is 0.110 e. The third kappa shape index (κ3) is 3.35. The van der Waals surface area contributed by atoms with E-state index in [4.69, 9.17) is 4.98 Å². The van der Waals surface area contributed by atoms with Gasteiger partial charge in [0, 0.05) is 13.0 Å². The molecule has 2 aromatic carbocycles. The third-order valence-electron chi connectivity index (χ3n) is 5.85. The van der Waals surface area contributed by atoms with Crippen LogP contribution in [0.1, 0.15) is 53.8 Å². The Bertz CT molecular complexity index is 881. The van der Waals surface area contributed by atoms with Gasteiger partial charge in [0.05, 0.1) is 11.0 Å². The maximum atomic E-state index is 5.05. The minimum Gasteiger partial charge on any atom is -0.323 e. The minimum absolute atomic E-state index is 0.816. The van der Waals surface area contributed by atoms with E-state index < -0.39 is 0 Å². The molecular weight excluding hydrogens is 304 g/mol. The Hall–Kier alpha value is -2.09. The predicted molar refractivity (Wildman–Crippen MR) is 105 cm³/mol. The smallest absolute Gasteiger partial charge is 0.110 e. The molecule has 2 nitrogen and oxygen atoms in total. The summed E-state index contributed by atoms with van der Waals surface area (Å²) in [7, 11) is 0. The Morgan fingerprint density at radius 2 is 1.64 bits per heavy atom. The van der Waals surface area contributed by atoms with Crippen LogP contribution in [0.25, 0.3) is 11.0 Å². The van der Waals surface area contributed by atoms with Gasteiger partial charge in [0.1, 0.15) is 5.82 Å². The van der Waals surface area contributed by atoms with Crippen LogP contribution in [-0.2, 0) is 13.0 Å². The van der Waals surface area contributed by atoms with E-state index in [1.807, 2.05) is 0 Å². The van der Waals surface area contributed by atoms with Crippen LogP contribution in [0.3, 0.4) is 0 Å². The number of nitrogens with zero attached hydrogens (tertiary/aromatic N) is 2. The molecule has 0 spiro atoms. The molecule has 1 saturated carbocycles. The van der Waals surface area contributed by atoms with Crippen molar-refractivity contribution in [1.82, 2.24) is 9.55 Å². The van der Waals surface area contributed by atoms with E-state index in [2.05, 4.69) is 61.7 Å². The highest BCUT2D eigenvalue weighted by molar-refractivity contribution is 5.78. The van der Waals surface area contributed by atoms with Gasteiger partial charge in [-0.25, -0.2) is 4.98 Å². The molecule has 2 heteroatoms. The summed E-state index contributed by atoms with van der Waals surface area (Å²) in [5.74, 6) is 2.09. The zero-order chi connectivity index (χ0) is 17.4. The second-order valence-electron chi connectivity index (χ2n) is 7.88. The normalized spacial score (nSPS) is 15.3. The molecule has 4 rings (SSSR count). The highest BCUT2D eigenvalue weighted by Gasteiger charge is 2.20. The fourth-order valence-electron chi connectivity index (χ4n) is 4.11. The second kappa shape index (κ2) is 6.67. The number of imidazole rings is 1. The average Bonchev–Trinajstić information content (AvgIpc) is 3.20. The number of rotatable bonds is 4. The Morgan fingerprint density at radius 1 is 0.960 bits per heavy atom. The molecular formula is C23H28N2. The summed E-state index contributed by atoms with van der Waals surface area (Å²) >= 11 is 0. The SMILES string of the molecule is Cc1ccc(Cn2c(CC3CCCC3)nc3cc(C)c(C)cc32)cc1. The number of benzene rings is 2. The molecule has 1 aliphatic rings. The van der Waals surface area contributed by atoms with Gasteiger partial charge in [-0.2, -0.15) is 0 Å². The lowest BCUT2D eigenvalue weighted by atomic mass is 10.0. The van der Waals surface area contributed by atoms with Gasteiger partial charge in [-0.15, -0.1) is 0 Å². The van der Waals surface area contributed by atoms with Gasteiger partial charge in [-0.1, -0.05) is 55.5 Å². The molecule has 1 aliphatic carbocycles. The number of aryl methyl sites for hydroxylation is 3. The molecule has 1 heterocycles. The first-order valence-corrected chi connectivity index (χ1v) is 9.62. The molecule has 1 fully saturated rings. The molecule has 0 atom stereocenters. The fraction of sp³-hybridized carbons (Fsp3) is 0.435. The summed E-state index contributed by atoms with van der Waals surface area (Å²) in [5, 5.41) is 0. The van der Waals surface area contributed by atoms with Crippen molar-refractivity contribution in [3.8, 4) is 0 Å². The molecule has 25 heavy (non-hydrogen) atoms. The van der Waals surface area contributed by atoms with E-state index >= 15 is 0 Å². The van der Waals surface area contributed by atoms with Crippen molar-refractivity contribution in [3.05, 3.63) is 64.5 Å². The zero-order valence-corrected chi connectivity index (χ0v) is 15.7. The summed E-state index contributed by atoms with van der Waals surface area (Å²) < 4.78 is 2.46. The molecule has 1 aromatic heterocycles. The molecule has 130 valence electrons. The summed E-state index contributed by atoms with van der Waals surface area (Å²) in [6, 6.07) is 13.5. The third-order valence-corrected chi connectivity index (χ3v) is 5.85. The largest absolute Gasteiger partial charge is 0.323 e. The number of aromatic nitrogens is 2. The van der Waals surface area contributed by atoms with Crippen molar-refractivity contribution in [1.29, 1.82) is 0 Å². The first-order valence-electron chi connectivity index (χ1n) is 9.62. The van der Waals surface area contributed by atoms with Crippen molar-refractivity contribution in [2.45, 2.75) is 59.4 Å². The summed E-state index contributed by atoms with van der Waals surface area (Å²) in [6.45, 7) is 7.45. The van der Waals surface area contributed by atoms with E-state index in [1.54, 1.807) is 0 Å². The van der Waals surface area contributed by atoms with Gasteiger partial charge >= 0.3 is 0 Å². The van der Waals surface area contributed by atoms with Gasteiger partial charge in [0.15, 0.2) is 0 Å². The van der Waals surface area contributed by atoms with Crippen molar-refractivity contribution in [3.63, 3.8) is 0 Å². The quantitative estimate of drug-likeness (QED) is 0.595. The van der Waals surface area contributed by atoms with Crippen molar-refractivity contribution >= 4 is 11.0 Å². The van der Waals surface area contributed by atoms with Gasteiger partial charge in [0.2, 0.25) is 0 Å². The lowest BCUT2D eigenvalue weighted by Gasteiger charge is -2.13. The Morgan fingerprint density at radius 3 is 2.36 bits per heavy atom. The molecule has 0 radical (unpaired) electrons. The van der Waals surface area contributed by atoms with Crippen LogP contribution < -0.4 is 0 Å². The van der Waals surface area contributed by atoms with Crippen LogP contribution in [0.5, 0.6) is 0 Å². The predicted octanol–water partition coefficient (Wildman–Crippen LogP) is 5.74. The van der Waals surface area contributed by atoms with E-state index in [0.717, 1.165) is 24.4 Å². The second-order valence-corrected chi connectivity index (χ2v) is 7.88. The zero-order valence-electron chi connectivity index (χ0n) is 15.7. The molecule has 0 aliphatic heterocycles. The highest BCUT2D eigenvalue weighted by Crippen LogP contribution is 2.30. The first-order chi connectivity index (χ1) is 12.1. The van der Waals surface area contributed by atoms with Crippen molar-refractivity contribution in [2.75, 3.05) is 0 Å². The molecule has 0 amide bonds. The Labute approximate surface area is 150 Å². The highest BCUT2D eigenvalue weighted by atomic mass is 15.1. The Balaban J connectivity index is 1.76. The number of hydrogen-bond donors (Lipinski definition) is 0. The molecule has 0 bridgehead atoms. The topological polar surface area (TPSA) is 17.8 Å².